The third kappa shape index (κ3) is 6.19. The number of nitrogens with two attached hydrogens (primary N) is 1. The van der Waals surface area contributed by atoms with Crippen LogP contribution in [0.2, 0.25) is 0 Å². The Labute approximate surface area is 149 Å². The fraction of sp³-hybridized carbons (Fsp3) is 0.824. The van der Waals surface area contributed by atoms with E-state index in [9.17, 15) is 14.4 Å². The first-order valence-electron chi connectivity index (χ1n) is 8.69. The summed E-state index contributed by atoms with van der Waals surface area (Å²) in [6, 6.07) is 0. The SMILES string of the molecule is CCOC(=O)N1COC(CC(C(=O)NCC(C)(C)C(N)=O)C(C)C)C1. The van der Waals surface area contributed by atoms with Gasteiger partial charge in [-0.05, 0) is 33.1 Å². The van der Waals surface area contributed by atoms with Crippen LogP contribution in [0.4, 0.5) is 4.79 Å². The van der Waals surface area contributed by atoms with E-state index in [1.165, 1.54) is 4.90 Å². The van der Waals surface area contributed by atoms with Crippen molar-refractivity contribution in [2.24, 2.45) is 23.0 Å². The summed E-state index contributed by atoms with van der Waals surface area (Å²) in [5.41, 5.74) is 4.53. The summed E-state index contributed by atoms with van der Waals surface area (Å²) < 4.78 is 10.6. The lowest BCUT2D eigenvalue weighted by molar-refractivity contribution is -0.129. The zero-order valence-electron chi connectivity index (χ0n) is 15.8. The molecule has 1 fully saturated rings. The van der Waals surface area contributed by atoms with E-state index in [0.717, 1.165) is 0 Å². The maximum absolute atomic E-state index is 12.5. The van der Waals surface area contributed by atoms with Crippen LogP contribution < -0.4 is 11.1 Å². The number of carbonyl (C=O) groups excluding carboxylic acids is 3. The van der Waals surface area contributed by atoms with Crippen molar-refractivity contribution in [3.63, 3.8) is 0 Å². The van der Waals surface area contributed by atoms with Crippen molar-refractivity contribution in [3.8, 4) is 0 Å². The van der Waals surface area contributed by atoms with E-state index in [-0.39, 0.29) is 37.1 Å². The van der Waals surface area contributed by atoms with Crippen molar-refractivity contribution >= 4 is 17.9 Å². The van der Waals surface area contributed by atoms with Gasteiger partial charge in [-0.2, -0.15) is 0 Å². The lowest BCUT2D eigenvalue weighted by atomic mass is 9.88. The molecule has 0 aromatic carbocycles. The molecule has 8 heteroatoms. The highest BCUT2D eigenvalue weighted by atomic mass is 16.6. The first-order valence-corrected chi connectivity index (χ1v) is 8.69. The number of nitrogens with zero attached hydrogens (tertiary/aromatic N) is 1. The van der Waals surface area contributed by atoms with Crippen LogP contribution in [0.3, 0.4) is 0 Å². The first-order chi connectivity index (χ1) is 11.6. The molecule has 0 radical (unpaired) electrons. The highest BCUT2D eigenvalue weighted by molar-refractivity contribution is 5.83. The molecule has 0 aromatic rings. The van der Waals surface area contributed by atoms with Crippen molar-refractivity contribution in [3.05, 3.63) is 0 Å². The maximum Gasteiger partial charge on any atom is 0.411 e. The molecular formula is C17H31N3O5. The monoisotopic (exact) mass is 357 g/mol. The van der Waals surface area contributed by atoms with Gasteiger partial charge in [-0.25, -0.2) is 4.79 Å². The van der Waals surface area contributed by atoms with E-state index in [1.807, 2.05) is 13.8 Å². The minimum absolute atomic E-state index is 0.0944. The van der Waals surface area contributed by atoms with E-state index >= 15 is 0 Å². The second-order valence-corrected chi connectivity index (χ2v) is 7.39. The largest absolute Gasteiger partial charge is 0.450 e. The molecule has 1 rings (SSSR count). The normalized spacial score (nSPS) is 19.0. The quantitative estimate of drug-likeness (QED) is 0.675. The third-order valence-electron chi connectivity index (χ3n) is 4.45. The van der Waals surface area contributed by atoms with Crippen LogP contribution in [-0.4, -0.2) is 55.3 Å². The number of hydrogen-bond acceptors (Lipinski definition) is 5. The Morgan fingerprint density at radius 3 is 2.52 bits per heavy atom. The second kappa shape index (κ2) is 9.03. The van der Waals surface area contributed by atoms with E-state index in [1.54, 1.807) is 20.8 Å². The molecule has 3 N–H and O–H groups in total. The summed E-state index contributed by atoms with van der Waals surface area (Å²) in [5, 5.41) is 2.81. The molecular weight excluding hydrogens is 326 g/mol. The van der Waals surface area contributed by atoms with Gasteiger partial charge >= 0.3 is 6.09 Å². The van der Waals surface area contributed by atoms with Gasteiger partial charge in [0.25, 0.3) is 0 Å². The van der Waals surface area contributed by atoms with Gasteiger partial charge in [0.15, 0.2) is 0 Å². The average molecular weight is 357 g/mol. The first kappa shape index (κ1) is 21.2. The molecule has 1 heterocycles. The van der Waals surface area contributed by atoms with Crippen molar-refractivity contribution in [2.75, 3.05) is 26.4 Å². The lowest BCUT2D eigenvalue weighted by Gasteiger charge is -2.26. The smallest absolute Gasteiger partial charge is 0.411 e. The van der Waals surface area contributed by atoms with Crippen molar-refractivity contribution in [1.29, 1.82) is 0 Å². The van der Waals surface area contributed by atoms with Gasteiger partial charge in [0.05, 0.1) is 24.7 Å². The van der Waals surface area contributed by atoms with E-state index in [4.69, 9.17) is 15.2 Å². The molecule has 8 nitrogen and oxygen atoms in total. The highest BCUT2D eigenvalue weighted by Crippen LogP contribution is 2.23. The van der Waals surface area contributed by atoms with E-state index < -0.39 is 17.4 Å². The molecule has 0 bridgehead atoms. The van der Waals surface area contributed by atoms with Crippen molar-refractivity contribution in [2.45, 2.75) is 47.1 Å². The van der Waals surface area contributed by atoms with Gasteiger partial charge < -0.3 is 20.5 Å². The third-order valence-corrected chi connectivity index (χ3v) is 4.45. The minimum atomic E-state index is -0.804. The summed E-state index contributed by atoms with van der Waals surface area (Å²) in [6.45, 7) is 10.1. The molecule has 3 amide bonds. The summed E-state index contributed by atoms with van der Waals surface area (Å²) in [4.78, 5) is 37.1. The van der Waals surface area contributed by atoms with Gasteiger partial charge in [-0.3, -0.25) is 14.5 Å². The summed E-state index contributed by atoms with van der Waals surface area (Å²) >= 11 is 0. The minimum Gasteiger partial charge on any atom is -0.450 e. The Hall–Kier alpha value is -1.83. The molecule has 0 spiro atoms. The molecule has 1 saturated heterocycles. The Morgan fingerprint density at radius 1 is 1.36 bits per heavy atom. The summed E-state index contributed by atoms with van der Waals surface area (Å²) in [6.07, 6.45) is -0.124. The molecule has 0 aliphatic carbocycles. The number of carbonyl (C=O) groups is 3. The van der Waals surface area contributed by atoms with Gasteiger partial charge in [0.1, 0.15) is 6.73 Å². The Bertz CT molecular complexity index is 493. The Balaban J connectivity index is 2.59. The zero-order chi connectivity index (χ0) is 19.2. The summed E-state index contributed by atoms with van der Waals surface area (Å²) in [7, 11) is 0. The van der Waals surface area contributed by atoms with Gasteiger partial charge in [0.2, 0.25) is 11.8 Å². The number of rotatable bonds is 8. The maximum atomic E-state index is 12.5. The summed E-state index contributed by atoms with van der Waals surface area (Å²) in [5.74, 6) is -0.784. The molecule has 144 valence electrons. The fourth-order valence-corrected chi connectivity index (χ4v) is 2.52. The van der Waals surface area contributed by atoms with E-state index in [0.29, 0.717) is 19.6 Å². The highest BCUT2D eigenvalue weighted by Gasteiger charge is 2.34. The van der Waals surface area contributed by atoms with Crippen LogP contribution in [0.1, 0.15) is 41.0 Å². The topological polar surface area (TPSA) is 111 Å². The standard InChI is InChI=1S/C17H31N3O5/c1-6-24-16(23)20-8-12(25-10-20)7-13(11(2)3)14(21)19-9-17(4,5)15(18)22/h11-13H,6-10H2,1-5H3,(H2,18,22)(H,19,21). The molecule has 0 aromatic heterocycles. The predicted octanol–water partition coefficient (Wildman–Crippen LogP) is 1.09. The molecule has 2 unspecified atom stereocenters. The molecule has 1 aliphatic heterocycles. The van der Waals surface area contributed by atoms with Gasteiger partial charge in [0, 0.05) is 12.5 Å². The lowest BCUT2D eigenvalue weighted by Crippen LogP contribution is -2.45. The van der Waals surface area contributed by atoms with Crippen LogP contribution in [0.5, 0.6) is 0 Å². The molecule has 0 saturated carbocycles. The van der Waals surface area contributed by atoms with Crippen molar-refractivity contribution < 1.29 is 23.9 Å². The molecule has 1 aliphatic rings. The number of hydrogen-bond donors (Lipinski definition) is 2. The zero-order valence-corrected chi connectivity index (χ0v) is 15.8. The van der Waals surface area contributed by atoms with Gasteiger partial charge in [-0.15, -0.1) is 0 Å². The number of amides is 3. The molecule has 25 heavy (non-hydrogen) atoms. The Kier molecular flexibility index (Phi) is 7.66. The average Bonchev–Trinajstić information content (AvgIpc) is 2.99. The van der Waals surface area contributed by atoms with Crippen LogP contribution in [0, 0.1) is 17.3 Å². The molecule has 2 atom stereocenters. The number of primary amides is 1. The van der Waals surface area contributed by atoms with Crippen LogP contribution >= 0.6 is 0 Å². The van der Waals surface area contributed by atoms with Gasteiger partial charge in [-0.1, -0.05) is 13.8 Å². The van der Waals surface area contributed by atoms with Crippen LogP contribution in [0.15, 0.2) is 0 Å². The number of ether oxygens (including phenoxy) is 2. The second-order valence-electron chi connectivity index (χ2n) is 7.39. The predicted molar refractivity (Wildman–Crippen MR) is 92.4 cm³/mol. The number of nitrogens with one attached hydrogen (secondary N) is 1. The van der Waals surface area contributed by atoms with Crippen LogP contribution in [-0.2, 0) is 19.1 Å². The van der Waals surface area contributed by atoms with Crippen molar-refractivity contribution in [1.82, 2.24) is 10.2 Å². The van der Waals surface area contributed by atoms with Crippen LogP contribution in [0.25, 0.3) is 0 Å². The fourth-order valence-electron chi connectivity index (χ4n) is 2.52. The van der Waals surface area contributed by atoms with E-state index in [2.05, 4.69) is 5.32 Å². The Morgan fingerprint density at radius 2 is 2.00 bits per heavy atom.